The highest BCUT2D eigenvalue weighted by Crippen LogP contribution is 2.32. The zero-order valence-electron chi connectivity index (χ0n) is 14.9. The van der Waals surface area contributed by atoms with Crippen molar-refractivity contribution in [1.29, 1.82) is 0 Å². The zero-order valence-corrected chi connectivity index (χ0v) is 15.7. The first kappa shape index (κ1) is 18.1. The average Bonchev–Trinajstić information content (AvgIpc) is 3.20. The van der Waals surface area contributed by atoms with Gasteiger partial charge in [-0.05, 0) is 12.1 Å². The van der Waals surface area contributed by atoms with E-state index < -0.39 is 11.6 Å². The molecule has 0 atom stereocenters. The second kappa shape index (κ2) is 7.16. The van der Waals surface area contributed by atoms with Crippen LogP contribution in [0.3, 0.4) is 0 Å². The number of hydrogen-bond acceptors (Lipinski definition) is 7. The van der Waals surface area contributed by atoms with Gasteiger partial charge in [0.25, 0.3) is 0 Å². The molecule has 0 bridgehead atoms. The van der Waals surface area contributed by atoms with Crippen molar-refractivity contribution < 1.29 is 13.5 Å². The number of pyridine rings is 2. The molecule has 0 aliphatic rings. The van der Waals surface area contributed by atoms with Crippen LogP contribution in [0.2, 0.25) is 5.15 Å². The van der Waals surface area contributed by atoms with Gasteiger partial charge in [0.2, 0.25) is 0 Å². The fourth-order valence-corrected chi connectivity index (χ4v) is 3.01. The summed E-state index contributed by atoms with van der Waals surface area (Å²) in [5.41, 5.74) is 0.887. The molecule has 0 saturated heterocycles. The number of aromatic nitrogens is 6. The maximum Gasteiger partial charge on any atom is 0.168 e. The van der Waals surface area contributed by atoms with Gasteiger partial charge >= 0.3 is 0 Å². The highest BCUT2D eigenvalue weighted by molar-refractivity contribution is 6.30. The van der Waals surface area contributed by atoms with E-state index >= 15 is 0 Å². The summed E-state index contributed by atoms with van der Waals surface area (Å²) in [5, 5.41) is 7.46. The smallest absolute Gasteiger partial charge is 0.168 e. The lowest BCUT2D eigenvalue weighted by molar-refractivity contribution is 0.437. The van der Waals surface area contributed by atoms with Crippen molar-refractivity contribution in [3.05, 3.63) is 72.2 Å². The van der Waals surface area contributed by atoms with Crippen LogP contribution in [-0.4, -0.2) is 29.5 Å². The number of nitrogens with zero attached hydrogens (tertiary/aromatic N) is 6. The van der Waals surface area contributed by atoms with Gasteiger partial charge in [-0.25, -0.2) is 33.2 Å². The number of rotatable bonds is 4. The highest BCUT2D eigenvalue weighted by Gasteiger charge is 2.15. The first-order chi connectivity index (χ1) is 14.6. The van der Waals surface area contributed by atoms with Gasteiger partial charge in [-0.1, -0.05) is 11.6 Å². The van der Waals surface area contributed by atoms with Crippen molar-refractivity contribution in [3.8, 4) is 11.5 Å². The Morgan fingerprint density at radius 1 is 0.967 bits per heavy atom. The molecule has 8 nitrogen and oxygen atoms in total. The molecule has 0 aliphatic heterocycles. The van der Waals surface area contributed by atoms with Crippen LogP contribution in [0, 0.1) is 11.6 Å². The maximum atomic E-state index is 14.7. The first-order valence-electron chi connectivity index (χ1n) is 8.56. The standard InChI is InChI=1S/C19H10ClF2N7O/c20-17-4-11-15(7-23-17)24-8-26-19(11)28-14-5-13(22)16(6-12(14)21)30-10-1-2-29-18(3-10)25-9-27-29/h1-9H,(H,24,26,28). The topological polar surface area (TPSA) is 90.1 Å². The van der Waals surface area contributed by atoms with E-state index in [0.717, 1.165) is 12.1 Å². The molecule has 5 rings (SSSR count). The lowest BCUT2D eigenvalue weighted by Gasteiger charge is -2.12. The van der Waals surface area contributed by atoms with Crippen LogP contribution >= 0.6 is 11.6 Å². The lowest BCUT2D eigenvalue weighted by Crippen LogP contribution is -2.00. The van der Waals surface area contributed by atoms with E-state index in [0.29, 0.717) is 22.3 Å². The predicted octanol–water partition coefficient (Wildman–Crippen LogP) is 4.54. The maximum absolute atomic E-state index is 14.7. The monoisotopic (exact) mass is 425 g/mol. The van der Waals surface area contributed by atoms with Crippen LogP contribution < -0.4 is 10.1 Å². The third-order valence-electron chi connectivity index (χ3n) is 4.24. The molecule has 148 valence electrons. The second-order valence-corrected chi connectivity index (χ2v) is 6.55. The van der Waals surface area contributed by atoms with Gasteiger partial charge in [-0.2, -0.15) is 5.10 Å². The van der Waals surface area contributed by atoms with Crippen LogP contribution in [0.4, 0.5) is 20.3 Å². The van der Waals surface area contributed by atoms with Gasteiger partial charge in [0.15, 0.2) is 23.0 Å². The van der Waals surface area contributed by atoms with Crippen LogP contribution in [0.15, 0.2) is 55.4 Å². The molecule has 0 spiro atoms. The van der Waals surface area contributed by atoms with Gasteiger partial charge < -0.3 is 10.1 Å². The van der Waals surface area contributed by atoms with Crippen LogP contribution in [0.1, 0.15) is 0 Å². The minimum Gasteiger partial charge on any atom is -0.454 e. The molecule has 4 heterocycles. The molecule has 0 unspecified atom stereocenters. The van der Waals surface area contributed by atoms with Gasteiger partial charge in [-0.15, -0.1) is 0 Å². The van der Waals surface area contributed by atoms with Crippen molar-refractivity contribution >= 4 is 39.7 Å². The number of anilines is 2. The summed E-state index contributed by atoms with van der Waals surface area (Å²) in [6.45, 7) is 0. The average molecular weight is 426 g/mol. The molecule has 0 radical (unpaired) electrons. The van der Waals surface area contributed by atoms with E-state index in [2.05, 4.69) is 30.4 Å². The number of benzene rings is 1. The van der Waals surface area contributed by atoms with Crippen molar-refractivity contribution in [2.75, 3.05) is 5.32 Å². The summed E-state index contributed by atoms with van der Waals surface area (Å²) in [7, 11) is 0. The number of nitrogens with one attached hydrogen (secondary N) is 1. The third kappa shape index (κ3) is 3.33. The Balaban J connectivity index is 1.46. The van der Waals surface area contributed by atoms with E-state index in [-0.39, 0.29) is 22.4 Å². The normalized spacial score (nSPS) is 11.2. The molecule has 0 saturated carbocycles. The molecule has 1 N–H and O–H groups in total. The van der Waals surface area contributed by atoms with Crippen molar-refractivity contribution in [1.82, 2.24) is 29.5 Å². The predicted molar refractivity (Wildman–Crippen MR) is 105 cm³/mol. The van der Waals surface area contributed by atoms with Gasteiger partial charge in [0.05, 0.1) is 17.4 Å². The van der Waals surface area contributed by atoms with Crippen molar-refractivity contribution in [2.24, 2.45) is 0 Å². The number of ether oxygens (including phenoxy) is 1. The van der Waals surface area contributed by atoms with Gasteiger partial charge in [0.1, 0.15) is 29.4 Å². The Labute approximate surface area is 172 Å². The summed E-state index contributed by atoms with van der Waals surface area (Å²) >= 11 is 5.92. The lowest BCUT2D eigenvalue weighted by atomic mass is 10.2. The Bertz CT molecular complexity index is 1410. The van der Waals surface area contributed by atoms with E-state index in [1.54, 1.807) is 18.3 Å². The molecule has 30 heavy (non-hydrogen) atoms. The fraction of sp³-hybridized carbons (Fsp3) is 0. The third-order valence-corrected chi connectivity index (χ3v) is 4.45. The summed E-state index contributed by atoms with van der Waals surface area (Å²) in [6.07, 6.45) is 5.72. The SMILES string of the molecule is Fc1cc(Oc2ccn3ncnc3c2)c(F)cc1Nc1ncnc2cnc(Cl)cc12. The summed E-state index contributed by atoms with van der Waals surface area (Å²) in [4.78, 5) is 16.1. The Kier molecular flexibility index (Phi) is 4.32. The van der Waals surface area contributed by atoms with Crippen molar-refractivity contribution in [2.45, 2.75) is 0 Å². The molecule has 4 aromatic heterocycles. The Morgan fingerprint density at radius 2 is 1.87 bits per heavy atom. The summed E-state index contributed by atoms with van der Waals surface area (Å²) < 4.78 is 36.3. The molecular formula is C19H10ClF2N7O. The Morgan fingerprint density at radius 3 is 2.77 bits per heavy atom. The van der Waals surface area contributed by atoms with Gasteiger partial charge in [-0.3, -0.25) is 0 Å². The highest BCUT2D eigenvalue weighted by atomic mass is 35.5. The molecule has 0 aliphatic carbocycles. The summed E-state index contributed by atoms with van der Waals surface area (Å²) in [6, 6.07) is 6.59. The van der Waals surface area contributed by atoms with Gasteiger partial charge in [0, 0.05) is 29.8 Å². The van der Waals surface area contributed by atoms with Crippen molar-refractivity contribution in [3.63, 3.8) is 0 Å². The van der Waals surface area contributed by atoms with Crippen LogP contribution in [-0.2, 0) is 0 Å². The quantitative estimate of drug-likeness (QED) is 0.423. The minimum absolute atomic E-state index is 0.124. The number of halogens is 3. The largest absolute Gasteiger partial charge is 0.454 e. The molecular weight excluding hydrogens is 416 g/mol. The fourth-order valence-electron chi connectivity index (χ4n) is 2.85. The van der Waals surface area contributed by atoms with E-state index in [9.17, 15) is 8.78 Å². The number of fused-ring (bicyclic) bond motifs is 2. The first-order valence-corrected chi connectivity index (χ1v) is 8.94. The van der Waals surface area contributed by atoms with Crippen LogP contribution in [0.5, 0.6) is 11.5 Å². The van der Waals surface area contributed by atoms with Crippen LogP contribution in [0.25, 0.3) is 16.6 Å². The molecule has 0 amide bonds. The minimum atomic E-state index is -0.765. The zero-order chi connectivity index (χ0) is 20.7. The van der Waals surface area contributed by atoms with E-state index in [1.165, 1.54) is 29.4 Å². The molecule has 5 aromatic rings. The second-order valence-electron chi connectivity index (χ2n) is 6.16. The molecule has 0 fully saturated rings. The Hall–Kier alpha value is -3.92. The molecule has 11 heteroatoms. The number of hydrogen-bond donors (Lipinski definition) is 1. The van der Waals surface area contributed by atoms with E-state index in [1.807, 2.05) is 0 Å². The van der Waals surface area contributed by atoms with E-state index in [4.69, 9.17) is 16.3 Å². The molecule has 1 aromatic carbocycles. The summed E-state index contributed by atoms with van der Waals surface area (Å²) in [5.74, 6) is -1.23.